The Bertz CT molecular complexity index is 625. The van der Waals surface area contributed by atoms with Gasteiger partial charge in [-0.05, 0) is 18.2 Å². The summed E-state index contributed by atoms with van der Waals surface area (Å²) in [6, 6.07) is 12.4. The number of hydrogen-bond acceptors (Lipinski definition) is 2. The van der Waals surface area contributed by atoms with Gasteiger partial charge in [0.2, 0.25) is 0 Å². The Kier molecular flexibility index (Phi) is 2.65. The second-order valence-corrected chi connectivity index (χ2v) is 5.00. The number of aliphatic imine (C=N–C) groups is 1. The van der Waals surface area contributed by atoms with E-state index < -0.39 is 0 Å². The topological polar surface area (TPSA) is 12.4 Å². The summed E-state index contributed by atoms with van der Waals surface area (Å²) in [5.41, 5.74) is 1.42. The van der Waals surface area contributed by atoms with Gasteiger partial charge < -0.3 is 0 Å². The van der Waals surface area contributed by atoms with Gasteiger partial charge in [0.25, 0.3) is 0 Å². The number of hydrogen-bond donors (Lipinski definition) is 0. The minimum Gasteiger partial charge on any atom is -0.235 e. The van der Waals surface area contributed by atoms with Crippen molar-refractivity contribution in [1.29, 1.82) is 0 Å². The molecule has 0 aliphatic carbocycles. The van der Waals surface area contributed by atoms with Crippen molar-refractivity contribution in [3.05, 3.63) is 53.8 Å². The highest BCUT2D eigenvalue weighted by Crippen LogP contribution is 2.41. The first-order valence-corrected chi connectivity index (χ1v) is 6.25. The molecule has 2 aromatic rings. The number of nitrogens with zero attached hydrogens (tertiary/aromatic N) is 1. The predicted octanol–water partition coefficient (Wildman–Crippen LogP) is 4.61. The van der Waals surface area contributed by atoms with Gasteiger partial charge in [0.15, 0.2) is 0 Å². The van der Waals surface area contributed by atoms with Crippen molar-refractivity contribution in [1.82, 2.24) is 0 Å². The molecule has 0 N–H and O–H groups in total. The summed E-state index contributed by atoms with van der Waals surface area (Å²) in [6.45, 7) is 0. The van der Waals surface area contributed by atoms with E-state index in [1.807, 2.05) is 24.3 Å². The van der Waals surface area contributed by atoms with E-state index in [1.54, 1.807) is 12.1 Å². The zero-order valence-electron chi connectivity index (χ0n) is 8.65. The fraction of sp³-hybridized carbons (Fsp3) is 0. The smallest absolute Gasteiger partial charge is 0.139 e. The Labute approximate surface area is 107 Å². The standard InChI is InChI=1S/C13H7ClFNS/c14-13-8-4-1-2-7-11(8)17-12-9(15)5-3-6-10(12)16-13/h1-7H. The lowest BCUT2D eigenvalue weighted by molar-refractivity contribution is 0.603. The van der Waals surface area contributed by atoms with Crippen LogP contribution in [0.2, 0.25) is 0 Å². The van der Waals surface area contributed by atoms with E-state index in [1.165, 1.54) is 17.8 Å². The summed E-state index contributed by atoms with van der Waals surface area (Å²) in [5, 5.41) is 0.400. The van der Waals surface area contributed by atoms with E-state index >= 15 is 0 Å². The van der Waals surface area contributed by atoms with Crippen molar-refractivity contribution in [2.24, 2.45) is 4.99 Å². The second kappa shape index (κ2) is 4.17. The molecular formula is C13H7ClFNS. The molecule has 17 heavy (non-hydrogen) atoms. The molecule has 0 bridgehead atoms. The Morgan fingerprint density at radius 2 is 1.88 bits per heavy atom. The third kappa shape index (κ3) is 1.85. The van der Waals surface area contributed by atoms with Gasteiger partial charge in [-0.3, -0.25) is 0 Å². The van der Waals surface area contributed by atoms with Crippen LogP contribution in [0.3, 0.4) is 0 Å². The molecule has 84 valence electrons. The molecule has 0 radical (unpaired) electrons. The van der Waals surface area contributed by atoms with Crippen molar-refractivity contribution in [2.75, 3.05) is 0 Å². The van der Waals surface area contributed by atoms with Crippen molar-refractivity contribution in [3.63, 3.8) is 0 Å². The molecule has 1 aliphatic rings. The first-order valence-electron chi connectivity index (χ1n) is 5.05. The molecule has 0 saturated carbocycles. The van der Waals surface area contributed by atoms with Gasteiger partial charge >= 0.3 is 0 Å². The quantitative estimate of drug-likeness (QED) is 0.676. The van der Waals surface area contributed by atoms with Gasteiger partial charge in [-0.15, -0.1) is 0 Å². The van der Waals surface area contributed by atoms with Crippen LogP contribution in [0.25, 0.3) is 0 Å². The Morgan fingerprint density at radius 3 is 2.76 bits per heavy atom. The molecule has 0 atom stereocenters. The van der Waals surface area contributed by atoms with Crippen molar-refractivity contribution in [3.8, 4) is 0 Å². The van der Waals surface area contributed by atoms with E-state index in [9.17, 15) is 4.39 Å². The molecule has 0 saturated heterocycles. The van der Waals surface area contributed by atoms with Crippen molar-refractivity contribution < 1.29 is 4.39 Å². The highest BCUT2D eigenvalue weighted by molar-refractivity contribution is 7.99. The molecule has 1 nitrogen and oxygen atoms in total. The van der Waals surface area contributed by atoms with E-state index in [0.717, 1.165) is 10.5 Å². The van der Waals surface area contributed by atoms with Crippen LogP contribution in [-0.2, 0) is 0 Å². The highest BCUT2D eigenvalue weighted by Gasteiger charge is 2.18. The number of benzene rings is 2. The molecule has 3 rings (SSSR count). The minimum atomic E-state index is -0.266. The van der Waals surface area contributed by atoms with Gasteiger partial charge in [-0.2, -0.15) is 0 Å². The maximum absolute atomic E-state index is 13.7. The normalized spacial score (nSPS) is 13.4. The average Bonchev–Trinajstić information content (AvgIpc) is 2.47. The highest BCUT2D eigenvalue weighted by atomic mass is 35.5. The first-order chi connectivity index (χ1) is 8.25. The number of fused-ring (bicyclic) bond motifs is 2. The van der Waals surface area contributed by atoms with Crippen LogP contribution in [-0.4, -0.2) is 5.17 Å². The number of halogens is 2. The molecule has 0 aromatic heterocycles. The van der Waals surface area contributed by atoms with Crippen LogP contribution in [0.4, 0.5) is 10.1 Å². The van der Waals surface area contributed by atoms with Crippen LogP contribution in [0.5, 0.6) is 0 Å². The van der Waals surface area contributed by atoms with Crippen LogP contribution in [0.1, 0.15) is 5.56 Å². The van der Waals surface area contributed by atoms with Gasteiger partial charge in [-0.25, -0.2) is 9.38 Å². The van der Waals surface area contributed by atoms with Crippen LogP contribution >= 0.6 is 23.4 Å². The monoisotopic (exact) mass is 263 g/mol. The second-order valence-electron chi connectivity index (χ2n) is 3.59. The summed E-state index contributed by atoms with van der Waals surface area (Å²) >= 11 is 7.51. The molecule has 1 aliphatic heterocycles. The van der Waals surface area contributed by atoms with E-state index in [4.69, 9.17) is 11.6 Å². The summed E-state index contributed by atoms with van der Waals surface area (Å²) < 4.78 is 13.7. The zero-order chi connectivity index (χ0) is 11.8. The molecule has 4 heteroatoms. The summed E-state index contributed by atoms with van der Waals surface area (Å²) in [4.78, 5) is 5.71. The lowest BCUT2D eigenvalue weighted by Crippen LogP contribution is -1.90. The Balaban J connectivity index is 2.28. The fourth-order valence-corrected chi connectivity index (χ4v) is 3.03. The van der Waals surface area contributed by atoms with Crippen molar-refractivity contribution in [2.45, 2.75) is 9.79 Å². The summed E-state index contributed by atoms with van der Waals surface area (Å²) in [5.74, 6) is -0.266. The zero-order valence-corrected chi connectivity index (χ0v) is 10.2. The first kappa shape index (κ1) is 10.8. The van der Waals surface area contributed by atoms with Crippen LogP contribution < -0.4 is 0 Å². The third-order valence-corrected chi connectivity index (χ3v) is 3.96. The minimum absolute atomic E-state index is 0.266. The molecule has 1 heterocycles. The van der Waals surface area contributed by atoms with Crippen LogP contribution in [0, 0.1) is 5.82 Å². The van der Waals surface area contributed by atoms with E-state index in [0.29, 0.717) is 15.8 Å². The summed E-state index contributed by atoms with van der Waals surface area (Å²) in [7, 11) is 0. The van der Waals surface area contributed by atoms with E-state index in [-0.39, 0.29) is 5.82 Å². The molecule has 0 fully saturated rings. The maximum atomic E-state index is 13.7. The molecule has 0 unspecified atom stereocenters. The van der Waals surface area contributed by atoms with Crippen molar-refractivity contribution >= 4 is 34.2 Å². The van der Waals surface area contributed by atoms with Gasteiger partial charge in [0.1, 0.15) is 11.0 Å². The lowest BCUT2D eigenvalue weighted by Gasteiger charge is -2.04. The molecule has 0 amide bonds. The predicted molar refractivity (Wildman–Crippen MR) is 69.0 cm³/mol. The summed E-state index contributed by atoms with van der Waals surface area (Å²) in [6.07, 6.45) is 0. The largest absolute Gasteiger partial charge is 0.235 e. The Morgan fingerprint density at radius 1 is 1.06 bits per heavy atom. The van der Waals surface area contributed by atoms with Crippen LogP contribution in [0.15, 0.2) is 57.2 Å². The van der Waals surface area contributed by atoms with Gasteiger partial charge in [0.05, 0.1) is 10.6 Å². The third-order valence-electron chi connectivity index (χ3n) is 2.49. The fourth-order valence-electron chi connectivity index (χ4n) is 1.69. The van der Waals surface area contributed by atoms with Gasteiger partial charge in [0, 0.05) is 10.5 Å². The molecule has 2 aromatic carbocycles. The van der Waals surface area contributed by atoms with E-state index in [2.05, 4.69) is 4.99 Å². The van der Waals surface area contributed by atoms with Gasteiger partial charge in [-0.1, -0.05) is 47.6 Å². The average molecular weight is 264 g/mol. The molecular weight excluding hydrogens is 257 g/mol. The number of rotatable bonds is 0. The SMILES string of the molecule is Fc1cccc2c1Sc1ccccc1C(Cl)=N2. The molecule has 0 spiro atoms. The Hall–Kier alpha value is -1.32. The lowest BCUT2D eigenvalue weighted by atomic mass is 10.2. The maximum Gasteiger partial charge on any atom is 0.139 e.